The molecule has 2 rings (SSSR count). The standard InChI is InChI=1S/C20H22N2O4/c1-3-13-20(2,19(25)26)22-18(24)15-9-11-16(12-10-15)21-17(23)14-7-5-4-6-8-14/h4-12H,3,13H2,1-2H3,(H,21,23)(H,22,24)(H,25,26). The molecule has 2 aromatic rings. The zero-order valence-electron chi connectivity index (χ0n) is 14.8. The minimum absolute atomic E-state index is 0.246. The number of anilines is 1. The number of carbonyl (C=O) groups excluding carboxylic acids is 2. The van der Waals surface area contributed by atoms with Crippen molar-refractivity contribution in [1.29, 1.82) is 0 Å². The molecule has 0 aromatic heterocycles. The van der Waals surface area contributed by atoms with Gasteiger partial charge in [0.05, 0.1) is 0 Å². The molecule has 6 heteroatoms. The second kappa shape index (κ2) is 8.29. The van der Waals surface area contributed by atoms with E-state index in [0.717, 1.165) is 0 Å². The Kier molecular flexibility index (Phi) is 6.11. The molecule has 0 bridgehead atoms. The van der Waals surface area contributed by atoms with E-state index in [2.05, 4.69) is 10.6 Å². The van der Waals surface area contributed by atoms with Crippen molar-refractivity contribution in [2.45, 2.75) is 32.2 Å². The van der Waals surface area contributed by atoms with Gasteiger partial charge in [-0.25, -0.2) is 4.79 Å². The summed E-state index contributed by atoms with van der Waals surface area (Å²) in [7, 11) is 0. The summed E-state index contributed by atoms with van der Waals surface area (Å²) in [6.07, 6.45) is 0.965. The topological polar surface area (TPSA) is 95.5 Å². The van der Waals surface area contributed by atoms with Gasteiger partial charge in [0.1, 0.15) is 5.54 Å². The molecule has 26 heavy (non-hydrogen) atoms. The number of hydrogen-bond acceptors (Lipinski definition) is 3. The monoisotopic (exact) mass is 354 g/mol. The van der Waals surface area contributed by atoms with Crippen LogP contribution in [0.25, 0.3) is 0 Å². The Labute approximate surface area is 152 Å². The summed E-state index contributed by atoms with van der Waals surface area (Å²) in [6.45, 7) is 3.35. The van der Waals surface area contributed by atoms with Gasteiger partial charge in [0.25, 0.3) is 11.8 Å². The van der Waals surface area contributed by atoms with E-state index in [4.69, 9.17) is 0 Å². The summed E-state index contributed by atoms with van der Waals surface area (Å²) < 4.78 is 0. The number of aliphatic carboxylic acids is 1. The van der Waals surface area contributed by atoms with Gasteiger partial charge in [-0.05, 0) is 49.7 Å². The molecule has 0 heterocycles. The van der Waals surface area contributed by atoms with E-state index < -0.39 is 17.4 Å². The molecule has 2 amide bonds. The van der Waals surface area contributed by atoms with Gasteiger partial charge in [-0.2, -0.15) is 0 Å². The van der Waals surface area contributed by atoms with Crippen LogP contribution in [0.2, 0.25) is 0 Å². The number of nitrogens with one attached hydrogen (secondary N) is 2. The minimum Gasteiger partial charge on any atom is -0.480 e. The van der Waals surface area contributed by atoms with Crippen molar-refractivity contribution in [3.05, 3.63) is 65.7 Å². The van der Waals surface area contributed by atoms with E-state index >= 15 is 0 Å². The van der Waals surface area contributed by atoms with Gasteiger partial charge in [0, 0.05) is 16.8 Å². The number of benzene rings is 2. The normalized spacial score (nSPS) is 12.7. The highest BCUT2D eigenvalue weighted by molar-refractivity contribution is 6.04. The smallest absolute Gasteiger partial charge is 0.329 e. The van der Waals surface area contributed by atoms with Crippen LogP contribution in [0.15, 0.2) is 54.6 Å². The average molecular weight is 354 g/mol. The fourth-order valence-corrected chi connectivity index (χ4v) is 2.54. The fraction of sp³-hybridized carbons (Fsp3) is 0.250. The zero-order chi connectivity index (χ0) is 19.2. The molecular weight excluding hydrogens is 332 g/mol. The fourth-order valence-electron chi connectivity index (χ4n) is 2.54. The van der Waals surface area contributed by atoms with Crippen LogP contribution in [0.1, 0.15) is 47.4 Å². The lowest BCUT2D eigenvalue weighted by Crippen LogP contribution is -2.52. The van der Waals surface area contributed by atoms with Crippen LogP contribution in [0.3, 0.4) is 0 Å². The molecule has 0 aliphatic rings. The molecule has 1 unspecified atom stereocenters. The summed E-state index contributed by atoms with van der Waals surface area (Å²) in [5.41, 5.74) is 0.0915. The maximum absolute atomic E-state index is 12.3. The summed E-state index contributed by atoms with van der Waals surface area (Å²) >= 11 is 0. The minimum atomic E-state index is -1.31. The van der Waals surface area contributed by atoms with Crippen molar-refractivity contribution in [3.8, 4) is 0 Å². The van der Waals surface area contributed by atoms with Crippen molar-refractivity contribution < 1.29 is 19.5 Å². The first kappa shape index (κ1) is 19.2. The van der Waals surface area contributed by atoms with Crippen LogP contribution in [-0.2, 0) is 4.79 Å². The van der Waals surface area contributed by atoms with Gasteiger partial charge in [-0.1, -0.05) is 31.5 Å². The molecule has 0 radical (unpaired) electrons. The van der Waals surface area contributed by atoms with E-state index in [-0.39, 0.29) is 5.91 Å². The molecule has 0 fully saturated rings. The van der Waals surface area contributed by atoms with Crippen LogP contribution in [-0.4, -0.2) is 28.4 Å². The number of amides is 2. The SMILES string of the molecule is CCCC(C)(NC(=O)c1ccc(NC(=O)c2ccccc2)cc1)C(=O)O. The zero-order valence-corrected chi connectivity index (χ0v) is 14.8. The first-order valence-corrected chi connectivity index (χ1v) is 8.38. The molecule has 6 nitrogen and oxygen atoms in total. The highest BCUT2D eigenvalue weighted by Gasteiger charge is 2.34. The maximum atomic E-state index is 12.3. The summed E-state index contributed by atoms with van der Waals surface area (Å²) in [5, 5.41) is 14.7. The van der Waals surface area contributed by atoms with Crippen molar-refractivity contribution in [1.82, 2.24) is 5.32 Å². The van der Waals surface area contributed by atoms with Crippen molar-refractivity contribution in [2.75, 3.05) is 5.32 Å². The highest BCUT2D eigenvalue weighted by atomic mass is 16.4. The number of hydrogen-bond donors (Lipinski definition) is 3. The van der Waals surface area contributed by atoms with Gasteiger partial charge in [-0.15, -0.1) is 0 Å². The molecule has 0 aliphatic heterocycles. The van der Waals surface area contributed by atoms with E-state index in [0.29, 0.717) is 29.7 Å². The molecular formula is C20H22N2O4. The number of carbonyl (C=O) groups is 3. The van der Waals surface area contributed by atoms with Crippen LogP contribution < -0.4 is 10.6 Å². The third-order valence-electron chi connectivity index (χ3n) is 4.05. The summed E-state index contributed by atoms with van der Waals surface area (Å²) in [5.74, 6) is -1.78. The quantitative estimate of drug-likeness (QED) is 0.711. The largest absolute Gasteiger partial charge is 0.480 e. The van der Waals surface area contributed by atoms with Gasteiger partial charge < -0.3 is 15.7 Å². The highest BCUT2D eigenvalue weighted by Crippen LogP contribution is 2.16. The first-order chi connectivity index (χ1) is 12.4. The third-order valence-corrected chi connectivity index (χ3v) is 4.05. The summed E-state index contributed by atoms with van der Waals surface area (Å²) in [6, 6.07) is 15.1. The molecule has 136 valence electrons. The van der Waals surface area contributed by atoms with E-state index in [1.807, 2.05) is 13.0 Å². The molecule has 0 aliphatic carbocycles. The van der Waals surface area contributed by atoms with Gasteiger partial charge >= 0.3 is 5.97 Å². The lowest BCUT2D eigenvalue weighted by atomic mass is 9.95. The van der Waals surface area contributed by atoms with Crippen LogP contribution in [0.5, 0.6) is 0 Å². The van der Waals surface area contributed by atoms with Crippen LogP contribution >= 0.6 is 0 Å². The first-order valence-electron chi connectivity index (χ1n) is 8.38. The van der Waals surface area contributed by atoms with E-state index in [9.17, 15) is 19.5 Å². The number of rotatable bonds is 7. The molecule has 0 saturated heterocycles. The lowest BCUT2D eigenvalue weighted by molar-refractivity contribution is -0.144. The molecule has 1 atom stereocenters. The van der Waals surface area contributed by atoms with E-state index in [1.54, 1.807) is 48.5 Å². The maximum Gasteiger partial charge on any atom is 0.329 e. The van der Waals surface area contributed by atoms with Gasteiger partial charge in [0.15, 0.2) is 0 Å². The van der Waals surface area contributed by atoms with Gasteiger partial charge in [0.2, 0.25) is 0 Å². The third kappa shape index (κ3) is 4.69. The number of carboxylic acids is 1. The Morgan fingerprint density at radius 3 is 2.04 bits per heavy atom. The summed E-state index contributed by atoms with van der Waals surface area (Å²) in [4.78, 5) is 35.9. The van der Waals surface area contributed by atoms with Crippen LogP contribution in [0, 0.1) is 0 Å². The predicted molar refractivity (Wildman–Crippen MR) is 99.3 cm³/mol. The lowest BCUT2D eigenvalue weighted by Gasteiger charge is -2.25. The Bertz CT molecular complexity index is 787. The van der Waals surface area contributed by atoms with Crippen LogP contribution in [0.4, 0.5) is 5.69 Å². The Morgan fingerprint density at radius 1 is 0.923 bits per heavy atom. The second-order valence-electron chi connectivity index (χ2n) is 6.24. The predicted octanol–water partition coefficient (Wildman–Crippen LogP) is 3.31. The Balaban J connectivity index is 2.05. The van der Waals surface area contributed by atoms with E-state index in [1.165, 1.54) is 6.92 Å². The van der Waals surface area contributed by atoms with Gasteiger partial charge in [-0.3, -0.25) is 9.59 Å². The average Bonchev–Trinajstić information content (AvgIpc) is 2.63. The van der Waals surface area contributed by atoms with Crippen molar-refractivity contribution >= 4 is 23.5 Å². The molecule has 0 spiro atoms. The second-order valence-corrected chi connectivity index (χ2v) is 6.24. The number of carboxylic acid groups (broad SMARTS) is 1. The van der Waals surface area contributed by atoms with Crippen molar-refractivity contribution in [2.24, 2.45) is 0 Å². The Hall–Kier alpha value is -3.15. The Morgan fingerprint density at radius 2 is 1.50 bits per heavy atom. The molecule has 2 aromatic carbocycles. The molecule has 3 N–H and O–H groups in total. The van der Waals surface area contributed by atoms with Crippen molar-refractivity contribution in [3.63, 3.8) is 0 Å². The molecule has 0 saturated carbocycles.